The molecule has 0 unspecified atom stereocenters. The minimum Gasteiger partial charge on any atom is -0.456 e. The Kier molecular flexibility index (Phi) is 3.27. The maximum Gasteiger partial charge on any atom is 0.135 e. The van der Waals surface area contributed by atoms with Gasteiger partial charge in [0.15, 0.2) is 0 Å². The van der Waals surface area contributed by atoms with Crippen LogP contribution in [0.4, 0.5) is 0 Å². The maximum atomic E-state index is 6.33. The summed E-state index contributed by atoms with van der Waals surface area (Å²) < 4.78 is 6.33. The Bertz CT molecular complexity index is 1660. The summed E-state index contributed by atoms with van der Waals surface area (Å²) in [5.41, 5.74) is 6.11. The molecule has 6 aromatic rings. The van der Waals surface area contributed by atoms with Crippen LogP contribution in [0.5, 0.6) is 11.5 Å². The van der Waals surface area contributed by atoms with E-state index in [1.807, 2.05) is 24.4 Å². The molecule has 31 heavy (non-hydrogen) atoms. The summed E-state index contributed by atoms with van der Waals surface area (Å²) in [6.45, 7) is 0. The second-order valence-electron chi connectivity index (χ2n) is 7.88. The first kappa shape index (κ1) is 16.5. The van der Waals surface area contributed by atoms with Gasteiger partial charge >= 0.3 is 0 Å². The van der Waals surface area contributed by atoms with E-state index in [-0.39, 0.29) is 0 Å². The van der Waals surface area contributed by atoms with Gasteiger partial charge in [-0.25, -0.2) is 4.98 Å². The van der Waals surface area contributed by atoms with E-state index in [0.29, 0.717) is 0 Å². The van der Waals surface area contributed by atoms with Crippen LogP contribution in [0.25, 0.3) is 55.0 Å². The molecule has 0 saturated carbocycles. The molecule has 1 aliphatic rings. The van der Waals surface area contributed by atoms with Gasteiger partial charge in [-0.2, -0.15) is 0 Å². The normalized spacial score (nSPS) is 12.1. The highest BCUT2D eigenvalue weighted by molar-refractivity contribution is 6.05. The van der Waals surface area contributed by atoms with Crippen molar-refractivity contribution in [2.75, 3.05) is 0 Å². The zero-order valence-electron chi connectivity index (χ0n) is 16.5. The summed E-state index contributed by atoms with van der Waals surface area (Å²) in [6.07, 6.45) is 1.82. The van der Waals surface area contributed by atoms with Gasteiger partial charge in [-0.05, 0) is 41.3 Å². The zero-order valence-corrected chi connectivity index (χ0v) is 16.5. The van der Waals surface area contributed by atoms with E-state index in [9.17, 15) is 0 Å². The van der Waals surface area contributed by atoms with Gasteiger partial charge in [0.05, 0.1) is 16.7 Å². The Labute approximate surface area is 178 Å². The van der Waals surface area contributed by atoms with Crippen LogP contribution in [-0.4, -0.2) is 9.97 Å². The van der Waals surface area contributed by atoms with E-state index < -0.39 is 0 Å². The van der Waals surface area contributed by atoms with Gasteiger partial charge in [0.2, 0.25) is 0 Å². The lowest BCUT2D eigenvalue weighted by Crippen LogP contribution is -1.97. The van der Waals surface area contributed by atoms with Crippen molar-refractivity contribution >= 4 is 32.6 Å². The Morgan fingerprint density at radius 3 is 2.32 bits per heavy atom. The second kappa shape index (κ2) is 6.13. The summed E-state index contributed by atoms with van der Waals surface area (Å²) in [5.74, 6) is 1.76. The topological polar surface area (TPSA) is 35.0 Å². The molecule has 4 aromatic carbocycles. The van der Waals surface area contributed by atoms with Crippen LogP contribution in [0.1, 0.15) is 0 Å². The van der Waals surface area contributed by atoms with Crippen LogP contribution >= 0.6 is 0 Å². The van der Waals surface area contributed by atoms with E-state index in [2.05, 4.69) is 77.8 Å². The number of aromatic nitrogens is 2. The standard InChI is InChI=1S/C28H16N2O/c1-4-17-5-2-8-24-26(17)22(7-1)21-13-11-20(16-25(21)31-24)23-14-12-19-10-9-18-6-3-15-29-27(18)28(19)30-23/h1-16H. The summed E-state index contributed by atoms with van der Waals surface area (Å²) >= 11 is 0. The highest BCUT2D eigenvalue weighted by Crippen LogP contribution is 2.47. The maximum absolute atomic E-state index is 6.33. The molecular weight excluding hydrogens is 380 g/mol. The Morgan fingerprint density at radius 2 is 1.39 bits per heavy atom. The predicted octanol–water partition coefficient (Wildman–Crippen LogP) is 7.38. The molecule has 2 aromatic heterocycles. The lowest BCUT2D eigenvalue weighted by atomic mass is 9.93. The van der Waals surface area contributed by atoms with E-state index in [4.69, 9.17) is 9.72 Å². The fraction of sp³-hybridized carbons (Fsp3) is 0. The van der Waals surface area contributed by atoms with Crippen LogP contribution in [0.2, 0.25) is 0 Å². The molecular formula is C28H16N2O. The van der Waals surface area contributed by atoms with Crippen molar-refractivity contribution in [1.29, 1.82) is 0 Å². The third kappa shape index (κ3) is 2.41. The molecule has 1 aliphatic heterocycles. The van der Waals surface area contributed by atoms with E-state index in [1.54, 1.807) is 0 Å². The number of nitrogens with zero attached hydrogens (tertiary/aromatic N) is 2. The zero-order chi connectivity index (χ0) is 20.4. The second-order valence-corrected chi connectivity index (χ2v) is 7.88. The molecule has 0 N–H and O–H groups in total. The first-order valence-corrected chi connectivity index (χ1v) is 10.3. The fourth-order valence-corrected chi connectivity index (χ4v) is 4.61. The summed E-state index contributed by atoms with van der Waals surface area (Å²) in [4.78, 5) is 9.56. The first-order chi connectivity index (χ1) is 15.3. The van der Waals surface area contributed by atoms with E-state index >= 15 is 0 Å². The molecule has 0 amide bonds. The molecule has 0 spiro atoms. The van der Waals surface area contributed by atoms with Crippen LogP contribution < -0.4 is 4.74 Å². The lowest BCUT2D eigenvalue weighted by molar-refractivity contribution is 0.487. The Morgan fingerprint density at radius 1 is 0.581 bits per heavy atom. The van der Waals surface area contributed by atoms with Crippen molar-refractivity contribution in [1.82, 2.24) is 9.97 Å². The SMILES string of the molecule is c1cc2c3c(cccc3c1)-c1ccc(-c3ccc4ccc5cccnc5c4n3)cc1O2. The van der Waals surface area contributed by atoms with Gasteiger partial charge in [-0.3, -0.25) is 4.98 Å². The Hall–Kier alpha value is -4.24. The summed E-state index contributed by atoms with van der Waals surface area (Å²) in [5, 5.41) is 4.55. The minimum atomic E-state index is 0.863. The average Bonchev–Trinajstić information content (AvgIpc) is 2.83. The number of fused-ring (bicyclic) bond motifs is 5. The van der Waals surface area contributed by atoms with Crippen molar-refractivity contribution < 1.29 is 4.74 Å². The first-order valence-electron chi connectivity index (χ1n) is 10.3. The van der Waals surface area contributed by atoms with Gasteiger partial charge in [0.1, 0.15) is 11.5 Å². The van der Waals surface area contributed by atoms with Crippen molar-refractivity contribution in [2.24, 2.45) is 0 Å². The number of pyridine rings is 2. The highest BCUT2D eigenvalue weighted by atomic mass is 16.5. The number of rotatable bonds is 1. The molecule has 0 aliphatic carbocycles. The molecule has 144 valence electrons. The van der Waals surface area contributed by atoms with Crippen LogP contribution in [-0.2, 0) is 0 Å². The van der Waals surface area contributed by atoms with Crippen molar-refractivity contribution in [3.8, 4) is 33.9 Å². The molecule has 0 bridgehead atoms. The molecule has 0 fully saturated rings. The molecule has 7 rings (SSSR count). The van der Waals surface area contributed by atoms with E-state index in [1.165, 1.54) is 16.3 Å². The van der Waals surface area contributed by atoms with Gasteiger partial charge in [-0.15, -0.1) is 0 Å². The van der Waals surface area contributed by atoms with Gasteiger partial charge < -0.3 is 4.74 Å². The number of ether oxygens (including phenoxy) is 1. The van der Waals surface area contributed by atoms with Gasteiger partial charge in [0, 0.05) is 33.5 Å². The molecule has 3 nitrogen and oxygen atoms in total. The fourth-order valence-electron chi connectivity index (χ4n) is 4.61. The monoisotopic (exact) mass is 396 g/mol. The number of hydrogen-bond acceptors (Lipinski definition) is 3. The van der Waals surface area contributed by atoms with Crippen molar-refractivity contribution in [3.05, 3.63) is 97.2 Å². The highest BCUT2D eigenvalue weighted by Gasteiger charge is 2.20. The van der Waals surface area contributed by atoms with Gasteiger partial charge in [0.25, 0.3) is 0 Å². The third-order valence-electron chi connectivity index (χ3n) is 6.09. The number of benzene rings is 4. The van der Waals surface area contributed by atoms with Crippen LogP contribution in [0, 0.1) is 0 Å². The number of hydrogen-bond donors (Lipinski definition) is 0. The largest absolute Gasteiger partial charge is 0.456 e. The molecule has 3 heterocycles. The molecule has 0 saturated heterocycles. The van der Waals surface area contributed by atoms with Crippen molar-refractivity contribution in [2.45, 2.75) is 0 Å². The summed E-state index contributed by atoms with van der Waals surface area (Å²) in [6, 6.07) is 31.4. The van der Waals surface area contributed by atoms with Crippen LogP contribution in [0.15, 0.2) is 97.2 Å². The average molecular weight is 396 g/mol. The molecule has 3 heteroatoms. The quantitative estimate of drug-likeness (QED) is 0.272. The minimum absolute atomic E-state index is 0.863. The Balaban J connectivity index is 1.42. The molecule has 0 radical (unpaired) electrons. The molecule has 0 atom stereocenters. The summed E-state index contributed by atoms with van der Waals surface area (Å²) in [7, 11) is 0. The third-order valence-corrected chi connectivity index (χ3v) is 6.09. The lowest BCUT2D eigenvalue weighted by Gasteiger charge is -2.21. The van der Waals surface area contributed by atoms with Crippen LogP contribution in [0.3, 0.4) is 0 Å². The smallest absolute Gasteiger partial charge is 0.135 e. The van der Waals surface area contributed by atoms with E-state index in [0.717, 1.165) is 50.1 Å². The van der Waals surface area contributed by atoms with Crippen molar-refractivity contribution in [3.63, 3.8) is 0 Å². The van der Waals surface area contributed by atoms with Gasteiger partial charge in [-0.1, -0.05) is 60.7 Å². The predicted molar refractivity (Wildman–Crippen MR) is 125 cm³/mol.